The number of thioether (sulfide) groups is 1. The molecule has 0 unspecified atom stereocenters. The molecule has 0 bridgehead atoms. The molecule has 1 aliphatic rings. The predicted molar refractivity (Wildman–Crippen MR) is 68.9 cm³/mol. The Kier molecular flexibility index (Phi) is 3.19. The monoisotopic (exact) mass is 262 g/mol. The minimum absolute atomic E-state index is 0.245. The molecule has 1 fully saturated rings. The van der Waals surface area contributed by atoms with Crippen LogP contribution in [-0.4, -0.2) is 31.1 Å². The number of aromatic hydroxyl groups is 1. The van der Waals surface area contributed by atoms with Crippen LogP contribution < -0.4 is 0 Å². The molecular formula is C12H14N4OS. The van der Waals surface area contributed by atoms with Gasteiger partial charge in [-0.3, -0.25) is 0 Å². The predicted octanol–water partition coefficient (Wildman–Crippen LogP) is 2.26. The van der Waals surface area contributed by atoms with E-state index < -0.39 is 0 Å². The summed E-state index contributed by atoms with van der Waals surface area (Å²) in [6.45, 7) is 0. The van der Waals surface area contributed by atoms with Crippen LogP contribution in [0.5, 0.6) is 5.75 Å². The molecule has 1 aromatic carbocycles. The Labute approximate surface area is 109 Å². The van der Waals surface area contributed by atoms with Gasteiger partial charge in [0.25, 0.3) is 0 Å². The number of benzene rings is 1. The number of phenolic OH excluding ortho intramolecular Hbond substituents is 1. The number of hydrogen-bond donors (Lipinski definition) is 1. The van der Waals surface area contributed by atoms with Crippen LogP contribution in [0.4, 0.5) is 0 Å². The Hall–Kier alpha value is -1.56. The van der Waals surface area contributed by atoms with E-state index in [0.29, 0.717) is 0 Å². The average Bonchev–Trinajstić information content (AvgIpc) is 3.08. The van der Waals surface area contributed by atoms with Gasteiger partial charge in [0.1, 0.15) is 5.75 Å². The molecular weight excluding hydrogens is 248 g/mol. The molecule has 1 aromatic heterocycles. The van der Waals surface area contributed by atoms with Gasteiger partial charge < -0.3 is 5.11 Å². The van der Waals surface area contributed by atoms with Crippen LogP contribution in [0.25, 0.3) is 5.69 Å². The van der Waals surface area contributed by atoms with Crippen molar-refractivity contribution in [1.82, 2.24) is 20.2 Å². The molecule has 1 heterocycles. The van der Waals surface area contributed by atoms with Crippen LogP contribution in [0, 0.1) is 5.92 Å². The highest BCUT2D eigenvalue weighted by atomic mass is 32.2. The van der Waals surface area contributed by atoms with Crippen molar-refractivity contribution in [2.75, 3.05) is 5.75 Å². The van der Waals surface area contributed by atoms with Crippen molar-refractivity contribution in [2.24, 2.45) is 5.92 Å². The van der Waals surface area contributed by atoms with Gasteiger partial charge in [-0.25, -0.2) is 0 Å². The lowest BCUT2D eigenvalue weighted by Gasteiger charge is -2.03. The zero-order chi connectivity index (χ0) is 12.4. The molecule has 18 heavy (non-hydrogen) atoms. The minimum Gasteiger partial charge on any atom is -0.508 e. The van der Waals surface area contributed by atoms with E-state index in [1.165, 1.54) is 19.3 Å². The third kappa shape index (κ3) is 2.64. The molecule has 6 heteroatoms. The van der Waals surface area contributed by atoms with Crippen molar-refractivity contribution >= 4 is 11.8 Å². The van der Waals surface area contributed by atoms with E-state index in [1.54, 1.807) is 40.7 Å². The SMILES string of the molecule is Oc1ccc(-n2nnnc2SCCC2CC2)cc1. The Morgan fingerprint density at radius 3 is 2.78 bits per heavy atom. The van der Waals surface area contributed by atoms with Gasteiger partial charge in [-0.2, -0.15) is 4.68 Å². The minimum atomic E-state index is 0.245. The number of tetrazole rings is 1. The highest BCUT2D eigenvalue weighted by molar-refractivity contribution is 7.99. The van der Waals surface area contributed by atoms with E-state index in [9.17, 15) is 5.11 Å². The molecule has 1 N–H and O–H groups in total. The number of hydrogen-bond acceptors (Lipinski definition) is 5. The second-order valence-electron chi connectivity index (χ2n) is 4.47. The zero-order valence-corrected chi connectivity index (χ0v) is 10.7. The molecule has 3 rings (SSSR count). The number of nitrogens with zero attached hydrogens (tertiary/aromatic N) is 4. The van der Waals surface area contributed by atoms with Crippen molar-refractivity contribution in [3.8, 4) is 11.4 Å². The van der Waals surface area contributed by atoms with Gasteiger partial charge in [0.05, 0.1) is 5.69 Å². The lowest BCUT2D eigenvalue weighted by molar-refractivity contribution is 0.475. The van der Waals surface area contributed by atoms with E-state index >= 15 is 0 Å². The van der Waals surface area contributed by atoms with Crippen LogP contribution >= 0.6 is 11.8 Å². The summed E-state index contributed by atoms with van der Waals surface area (Å²) < 4.78 is 1.71. The van der Waals surface area contributed by atoms with Crippen molar-refractivity contribution in [3.05, 3.63) is 24.3 Å². The van der Waals surface area contributed by atoms with Crippen molar-refractivity contribution in [3.63, 3.8) is 0 Å². The van der Waals surface area contributed by atoms with Gasteiger partial charge in [-0.1, -0.05) is 24.6 Å². The van der Waals surface area contributed by atoms with E-state index in [1.807, 2.05) is 0 Å². The molecule has 0 spiro atoms. The molecule has 5 nitrogen and oxygen atoms in total. The zero-order valence-electron chi connectivity index (χ0n) is 9.86. The smallest absolute Gasteiger partial charge is 0.214 e. The third-order valence-corrected chi connectivity index (χ3v) is 3.94. The van der Waals surface area contributed by atoms with Crippen LogP contribution in [-0.2, 0) is 0 Å². The molecule has 1 saturated carbocycles. The third-order valence-electron chi connectivity index (χ3n) is 2.99. The lowest BCUT2D eigenvalue weighted by Crippen LogP contribution is -1.99. The average molecular weight is 262 g/mol. The second kappa shape index (κ2) is 4.97. The summed E-state index contributed by atoms with van der Waals surface area (Å²) in [7, 11) is 0. The largest absolute Gasteiger partial charge is 0.508 e. The topological polar surface area (TPSA) is 63.8 Å². The number of phenols is 1. The fourth-order valence-corrected chi connectivity index (χ4v) is 2.74. The molecule has 0 amide bonds. The summed E-state index contributed by atoms with van der Waals surface area (Å²) in [4.78, 5) is 0. The Morgan fingerprint density at radius 2 is 2.06 bits per heavy atom. The van der Waals surface area contributed by atoms with Crippen molar-refractivity contribution in [2.45, 2.75) is 24.4 Å². The van der Waals surface area contributed by atoms with Gasteiger partial charge in [0.15, 0.2) is 0 Å². The molecule has 0 atom stereocenters. The fraction of sp³-hybridized carbons (Fsp3) is 0.417. The van der Waals surface area contributed by atoms with Crippen LogP contribution in [0.3, 0.4) is 0 Å². The second-order valence-corrected chi connectivity index (χ2v) is 5.53. The van der Waals surface area contributed by atoms with E-state index in [2.05, 4.69) is 15.5 Å². The standard InChI is InChI=1S/C12H14N4OS/c17-11-5-3-10(4-6-11)16-12(13-14-15-16)18-8-7-9-1-2-9/h3-6,9,17H,1-2,7-8H2. The van der Waals surface area contributed by atoms with Gasteiger partial charge >= 0.3 is 0 Å². The maximum Gasteiger partial charge on any atom is 0.214 e. The van der Waals surface area contributed by atoms with Crippen LogP contribution in [0.1, 0.15) is 19.3 Å². The summed E-state index contributed by atoms with van der Waals surface area (Å²) in [5, 5.41) is 21.8. The summed E-state index contributed by atoms with van der Waals surface area (Å²) in [6.07, 6.45) is 4.00. The Balaban J connectivity index is 1.71. The quantitative estimate of drug-likeness (QED) is 0.837. The summed E-state index contributed by atoms with van der Waals surface area (Å²) in [5.74, 6) is 2.23. The first-order valence-corrected chi connectivity index (χ1v) is 7.02. The van der Waals surface area contributed by atoms with Gasteiger partial charge in [-0.05, 0) is 47.0 Å². The van der Waals surface area contributed by atoms with E-state index in [4.69, 9.17) is 0 Å². The normalized spacial score (nSPS) is 14.9. The van der Waals surface area contributed by atoms with Crippen molar-refractivity contribution in [1.29, 1.82) is 0 Å². The molecule has 94 valence electrons. The van der Waals surface area contributed by atoms with Gasteiger partial charge in [-0.15, -0.1) is 5.10 Å². The maximum absolute atomic E-state index is 9.27. The Morgan fingerprint density at radius 1 is 1.28 bits per heavy atom. The first-order valence-electron chi connectivity index (χ1n) is 6.03. The highest BCUT2D eigenvalue weighted by Crippen LogP contribution is 2.34. The van der Waals surface area contributed by atoms with Crippen molar-refractivity contribution < 1.29 is 5.11 Å². The van der Waals surface area contributed by atoms with Gasteiger partial charge in [0.2, 0.25) is 5.16 Å². The Bertz CT molecular complexity index is 521. The summed E-state index contributed by atoms with van der Waals surface area (Å²) >= 11 is 1.69. The van der Waals surface area contributed by atoms with Gasteiger partial charge in [0, 0.05) is 5.75 Å². The lowest BCUT2D eigenvalue weighted by atomic mass is 10.3. The molecule has 0 radical (unpaired) electrons. The highest BCUT2D eigenvalue weighted by Gasteiger charge is 2.21. The van der Waals surface area contributed by atoms with E-state index in [-0.39, 0.29) is 5.75 Å². The van der Waals surface area contributed by atoms with Crippen LogP contribution in [0.2, 0.25) is 0 Å². The molecule has 0 saturated heterocycles. The summed E-state index contributed by atoms with van der Waals surface area (Å²) in [5.41, 5.74) is 0.867. The number of aromatic nitrogens is 4. The fourth-order valence-electron chi connectivity index (χ4n) is 1.75. The van der Waals surface area contributed by atoms with E-state index in [0.717, 1.165) is 22.5 Å². The first-order chi connectivity index (χ1) is 8.83. The maximum atomic E-state index is 9.27. The molecule has 0 aliphatic heterocycles. The first kappa shape index (κ1) is 11.5. The molecule has 2 aromatic rings. The number of rotatable bonds is 5. The molecule has 1 aliphatic carbocycles. The van der Waals surface area contributed by atoms with Crippen LogP contribution in [0.15, 0.2) is 29.4 Å². The summed E-state index contributed by atoms with van der Waals surface area (Å²) in [6, 6.07) is 6.87.